The van der Waals surface area contributed by atoms with Crippen molar-refractivity contribution in [2.45, 2.75) is 19.1 Å². The summed E-state index contributed by atoms with van der Waals surface area (Å²) in [6.07, 6.45) is -0.386. The van der Waals surface area contributed by atoms with Crippen molar-refractivity contribution in [2.24, 2.45) is 0 Å². The van der Waals surface area contributed by atoms with E-state index in [1.807, 2.05) is 6.92 Å². The van der Waals surface area contributed by atoms with Crippen molar-refractivity contribution < 1.29 is 24.5 Å². The van der Waals surface area contributed by atoms with Crippen LogP contribution in [0.25, 0.3) is 0 Å². The van der Waals surface area contributed by atoms with Crippen molar-refractivity contribution in [3.05, 3.63) is 23.8 Å². The molecule has 110 valence electrons. The summed E-state index contributed by atoms with van der Waals surface area (Å²) >= 11 is 0. The molecule has 20 heavy (non-hydrogen) atoms. The highest BCUT2D eigenvalue weighted by atomic mass is 16.5. The van der Waals surface area contributed by atoms with E-state index in [2.05, 4.69) is 0 Å². The van der Waals surface area contributed by atoms with E-state index in [0.29, 0.717) is 13.2 Å². The smallest absolute Gasteiger partial charge is 0.258 e. The Hall–Kier alpha value is -1.79. The van der Waals surface area contributed by atoms with E-state index in [9.17, 15) is 9.90 Å². The number of aliphatic hydroxyl groups excluding tert-OH is 1. The summed E-state index contributed by atoms with van der Waals surface area (Å²) < 4.78 is 10.4. The van der Waals surface area contributed by atoms with Gasteiger partial charge in [-0.25, -0.2) is 0 Å². The molecule has 2 unspecified atom stereocenters. The average molecular weight is 281 g/mol. The van der Waals surface area contributed by atoms with Crippen molar-refractivity contribution in [3.8, 4) is 11.5 Å². The number of para-hydroxylation sites is 1. The van der Waals surface area contributed by atoms with E-state index in [4.69, 9.17) is 14.6 Å². The van der Waals surface area contributed by atoms with Crippen LogP contribution < -0.4 is 4.74 Å². The monoisotopic (exact) mass is 281 g/mol. The number of ether oxygens (including phenoxy) is 2. The van der Waals surface area contributed by atoms with E-state index in [0.717, 1.165) is 0 Å². The molecule has 1 aromatic rings. The lowest BCUT2D eigenvalue weighted by Crippen LogP contribution is -2.52. The summed E-state index contributed by atoms with van der Waals surface area (Å²) in [5, 5.41) is 19.2. The maximum absolute atomic E-state index is 12.5. The van der Waals surface area contributed by atoms with Gasteiger partial charge in [-0.3, -0.25) is 4.79 Å². The Labute approximate surface area is 117 Å². The zero-order valence-corrected chi connectivity index (χ0v) is 11.6. The second kappa shape index (κ2) is 6.11. The van der Waals surface area contributed by atoms with Crippen molar-refractivity contribution in [1.29, 1.82) is 0 Å². The Balaban J connectivity index is 2.26. The van der Waals surface area contributed by atoms with Gasteiger partial charge < -0.3 is 24.6 Å². The standard InChI is InChI=1S/C14H19NO5/c1-9-8-20-10(7-16)6-15(9)14(18)11-4-3-5-12(19-2)13(11)17/h3-5,9-10,16-17H,6-8H2,1-2H3. The second-order valence-corrected chi connectivity index (χ2v) is 4.80. The summed E-state index contributed by atoms with van der Waals surface area (Å²) in [6, 6.07) is 4.68. The van der Waals surface area contributed by atoms with Crippen molar-refractivity contribution in [1.82, 2.24) is 4.90 Å². The number of aliphatic hydroxyl groups is 1. The lowest BCUT2D eigenvalue weighted by Gasteiger charge is -2.37. The molecular formula is C14H19NO5. The molecule has 0 spiro atoms. The molecule has 0 saturated carbocycles. The van der Waals surface area contributed by atoms with Gasteiger partial charge in [-0.05, 0) is 19.1 Å². The van der Waals surface area contributed by atoms with E-state index in [1.165, 1.54) is 7.11 Å². The highest BCUT2D eigenvalue weighted by Gasteiger charge is 2.31. The number of nitrogens with zero attached hydrogens (tertiary/aromatic N) is 1. The van der Waals surface area contributed by atoms with Gasteiger partial charge >= 0.3 is 0 Å². The second-order valence-electron chi connectivity index (χ2n) is 4.80. The van der Waals surface area contributed by atoms with E-state index >= 15 is 0 Å². The van der Waals surface area contributed by atoms with Gasteiger partial charge in [0.1, 0.15) is 0 Å². The first-order valence-electron chi connectivity index (χ1n) is 6.47. The minimum absolute atomic E-state index is 0.115. The van der Waals surface area contributed by atoms with Gasteiger partial charge in [0.25, 0.3) is 5.91 Å². The highest BCUT2D eigenvalue weighted by molar-refractivity contribution is 5.97. The van der Waals surface area contributed by atoms with Gasteiger partial charge in [-0.1, -0.05) is 6.07 Å². The Morgan fingerprint density at radius 1 is 1.55 bits per heavy atom. The number of rotatable bonds is 3. The molecule has 1 amide bonds. The number of methoxy groups -OCH3 is 1. The van der Waals surface area contributed by atoms with Crippen LogP contribution in [0.1, 0.15) is 17.3 Å². The van der Waals surface area contributed by atoms with E-state index in [-0.39, 0.29) is 41.7 Å². The molecule has 1 heterocycles. The number of phenols is 1. The number of amides is 1. The predicted molar refractivity (Wildman–Crippen MR) is 72.0 cm³/mol. The summed E-state index contributed by atoms with van der Waals surface area (Å²) in [5.41, 5.74) is 0.190. The fourth-order valence-corrected chi connectivity index (χ4v) is 2.23. The number of carbonyl (C=O) groups is 1. The van der Waals surface area contributed by atoms with Crippen LogP contribution in [0.4, 0.5) is 0 Å². The molecule has 0 radical (unpaired) electrons. The van der Waals surface area contributed by atoms with Crippen LogP contribution in [0.5, 0.6) is 11.5 Å². The summed E-state index contributed by atoms with van der Waals surface area (Å²) in [6.45, 7) is 2.39. The van der Waals surface area contributed by atoms with Crippen molar-refractivity contribution >= 4 is 5.91 Å². The van der Waals surface area contributed by atoms with Crippen LogP contribution in [0.15, 0.2) is 18.2 Å². The zero-order chi connectivity index (χ0) is 14.7. The fourth-order valence-electron chi connectivity index (χ4n) is 2.23. The van der Waals surface area contributed by atoms with Gasteiger partial charge in [-0.15, -0.1) is 0 Å². The molecule has 6 heteroatoms. The lowest BCUT2D eigenvalue weighted by molar-refractivity contribution is -0.0668. The van der Waals surface area contributed by atoms with Gasteiger partial charge in [0.15, 0.2) is 11.5 Å². The van der Waals surface area contributed by atoms with Crippen molar-refractivity contribution in [2.75, 3.05) is 26.9 Å². The number of phenolic OH excluding ortho intramolecular Hbond substituents is 1. The van der Waals surface area contributed by atoms with Crippen LogP contribution in [-0.2, 0) is 4.74 Å². The third-order valence-corrected chi connectivity index (χ3v) is 3.42. The van der Waals surface area contributed by atoms with Crippen LogP contribution in [0.2, 0.25) is 0 Å². The largest absolute Gasteiger partial charge is 0.504 e. The quantitative estimate of drug-likeness (QED) is 0.849. The van der Waals surface area contributed by atoms with Crippen LogP contribution in [-0.4, -0.2) is 60.0 Å². The maximum atomic E-state index is 12.5. The zero-order valence-electron chi connectivity index (χ0n) is 11.6. The van der Waals surface area contributed by atoms with Gasteiger partial charge in [0, 0.05) is 6.54 Å². The molecule has 0 aromatic heterocycles. The van der Waals surface area contributed by atoms with Gasteiger partial charge in [0.05, 0.1) is 38.0 Å². The first-order chi connectivity index (χ1) is 9.58. The Kier molecular flexibility index (Phi) is 4.46. The first kappa shape index (κ1) is 14.6. The van der Waals surface area contributed by atoms with Crippen LogP contribution in [0.3, 0.4) is 0 Å². The SMILES string of the molecule is COc1cccc(C(=O)N2CC(CO)OCC2C)c1O. The number of hydrogen-bond acceptors (Lipinski definition) is 5. The number of morpholine rings is 1. The van der Waals surface area contributed by atoms with Crippen molar-refractivity contribution in [3.63, 3.8) is 0 Å². The predicted octanol–water partition coefficient (Wildman–Crippen LogP) is 0.623. The Morgan fingerprint density at radius 3 is 2.95 bits per heavy atom. The minimum Gasteiger partial charge on any atom is -0.504 e. The lowest BCUT2D eigenvalue weighted by atomic mass is 10.1. The van der Waals surface area contributed by atoms with E-state index in [1.54, 1.807) is 23.1 Å². The molecule has 1 aliphatic rings. The highest BCUT2D eigenvalue weighted by Crippen LogP contribution is 2.31. The molecule has 2 rings (SSSR count). The fraction of sp³-hybridized carbons (Fsp3) is 0.500. The third kappa shape index (κ3) is 2.71. The molecule has 2 N–H and O–H groups in total. The Bertz CT molecular complexity index is 490. The maximum Gasteiger partial charge on any atom is 0.258 e. The van der Waals surface area contributed by atoms with Gasteiger partial charge in [-0.2, -0.15) is 0 Å². The minimum atomic E-state index is -0.386. The number of aromatic hydroxyl groups is 1. The average Bonchev–Trinajstić information content (AvgIpc) is 2.47. The first-order valence-corrected chi connectivity index (χ1v) is 6.47. The summed E-state index contributed by atoms with van der Waals surface area (Å²) in [4.78, 5) is 14.1. The number of benzene rings is 1. The molecule has 1 fully saturated rings. The molecule has 0 bridgehead atoms. The normalized spacial score (nSPS) is 22.6. The van der Waals surface area contributed by atoms with Crippen LogP contribution in [0, 0.1) is 0 Å². The van der Waals surface area contributed by atoms with Crippen LogP contribution >= 0.6 is 0 Å². The Morgan fingerprint density at radius 2 is 2.30 bits per heavy atom. The summed E-state index contributed by atoms with van der Waals surface area (Å²) in [7, 11) is 1.43. The van der Waals surface area contributed by atoms with E-state index < -0.39 is 0 Å². The molecule has 6 nitrogen and oxygen atoms in total. The number of hydrogen-bond donors (Lipinski definition) is 2. The summed E-state index contributed by atoms with van der Waals surface area (Å²) in [5.74, 6) is -0.203. The topological polar surface area (TPSA) is 79.2 Å². The third-order valence-electron chi connectivity index (χ3n) is 3.42. The molecule has 1 saturated heterocycles. The van der Waals surface area contributed by atoms with Gasteiger partial charge in [0.2, 0.25) is 0 Å². The molecule has 1 aliphatic heterocycles. The molecular weight excluding hydrogens is 262 g/mol. The molecule has 1 aromatic carbocycles. The molecule has 2 atom stereocenters. The number of carbonyl (C=O) groups excluding carboxylic acids is 1. The molecule has 0 aliphatic carbocycles.